The molecule has 1 fully saturated rings. The lowest BCUT2D eigenvalue weighted by Gasteiger charge is -2.18. The summed E-state index contributed by atoms with van der Waals surface area (Å²) < 4.78 is 56.7. The monoisotopic (exact) mass is 466 g/mol. The number of alkyl halides is 2. The first-order chi connectivity index (χ1) is 14.8. The minimum Gasteiger partial charge on any atom is -0.313 e. The van der Waals surface area contributed by atoms with Crippen LogP contribution in [0.15, 0.2) is 29.4 Å². The highest BCUT2D eigenvalue weighted by atomic mass is 32.2. The van der Waals surface area contributed by atoms with Crippen molar-refractivity contribution >= 4 is 32.6 Å². The van der Waals surface area contributed by atoms with Gasteiger partial charge in [-0.2, -0.15) is 0 Å². The molecule has 2 N–H and O–H groups in total. The van der Waals surface area contributed by atoms with E-state index < -0.39 is 27.0 Å². The average molecular weight is 467 g/mol. The zero-order chi connectivity index (χ0) is 21.8. The predicted octanol–water partition coefficient (Wildman–Crippen LogP) is 3.00. The van der Waals surface area contributed by atoms with Crippen molar-refractivity contribution < 1.29 is 17.2 Å². The van der Waals surface area contributed by atoms with Crippen LogP contribution in [0.4, 0.5) is 8.78 Å². The number of hydrogen-bond acceptors (Lipinski definition) is 7. The van der Waals surface area contributed by atoms with E-state index in [9.17, 15) is 17.2 Å². The van der Waals surface area contributed by atoms with E-state index in [-0.39, 0.29) is 9.90 Å². The molecule has 5 rings (SSSR count). The summed E-state index contributed by atoms with van der Waals surface area (Å²) >= 11 is 0.766. The Kier molecular flexibility index (Phi) is 4.92. The van der Waals surface area contributed by atoms with Gasteiger partial charge in [-0.15, -0.1) is 10.2 Å². The fraction of sp³-hybridized carbons (Fsp3) is 0.421. The molecule has 1 saturated carbocycles. The van der Waals surface area contributed by atoms with Gasteiger partial charge < -0.3 is 5.32 Å². The smallest absolute Gasteiger partial charge is 0.291 e. The highest BCUT2D eigenvalue weighted by Crippen LogP contribution is 2.37. The van der Waals surface area contributed by atoms with Crippen molar-refractivity contribution in [3.63, 3.8) is 0 Å². The first-order valence-corrected chi connectivity index (χ1v) is 12.1. The number of fused-ring (bicyclic) bond motifs is 1. The van der Waals surface area contributed by atoms with Crippen molar-refractivity contribution in [1.82, 2.24) is 29.6 Å². The number of aromatic nitrogens is 4. The average Bonchev–Trinajstić information content (AvgIpc) is 3.13. The first-order valence-electron chi connectivity index (χ1n) is 9.83. The van der Waals surface area contributed by atoms with E-state index in [1.165, 1.54) is 12.4 Å². The van der Waals surface area contributed by atoms with Gasteiger partial charge in [0, 0.05) is 23.8 Å². The third-order valence-corrected chi connectivity index (χ3v) is 8.09. The highest BCUT2D eigenvalue weighted by molar-refractivity contribution is 7.89. The molecule has 3 aromatic rings. The van der Waals surface area contributed by atoms with E-state index in [0.29, 0.717) is 23.4 Å². The van der Waals surface area contributed by atoms with Gasteiger partial charge in [0.15, 0.2) is 10.0 Å². The van der Waals surface area contributed by atoms with Crippen LogP contribution in [0.25, 0.3) is 21.9 Å². The maximum atomic E-state index is 13.1. The number of hydrogen-bond donors (Lipinski definition) is 2. The molecule has 12 heteroatoms. The number of sulfonamides is 1. The van der Waals surface area contributed by atoms with Crippen LogP contribution in [0.2, 0.25) is 0 Å². The van der Waals surface area contributed by atoms with Crippen LogP contribution in [-0.2, 0) is 10.0 Å². The summed E-state index contributed by atoms with van der Waals surface area (Å²) in [4.78, 5) is 4.57. The molecule has 0 unspecified atom stereocenters. The standard InChI is InChI=1S/C19H20F2N6O2S2/c1-19(4-5-19)26-31(28,29)12-8-13(11-2-6-22-7-3-11)16-23-9-14(27(16)10-12)17-24-25-18(30-17)15(20)21/h2,8-10,15,22,26H,3-7H2,1H3. The van der Waals surface area contributed by atoms with E-state index in [0.717, 1.165) is 42.7 Å². The number of nitrogens with one attached hydrogen (secondary N) is 2. The lowest BCUT2D eigenvalue weighted by atomic mass is 10.0. The Labute approximate surface area is 181 Å². The zero-order valence-corrected chi connectivity index (χ0v) is 18.2. The van der Waals surface area contributed by atoms with E-state index in [2.05, 4.69) is 25.2 Å². The summed E-state index contributed by atoms with van der Waals surface area (Å²) in [6.07, 6.45) is 4.58. The molecule has 2 aliphatic rings. The first kappa shape index (κ1) is 20.6. The Morgan fingerprint density at radius 2 is 2.13 bits per heavy atom. The number of rotatable bonds is 6. The Morgan fingerprint density at radius 1 is 1.32 bits per heavy atom. The second kappa shape index (κ2) is 7.40. The van der Waals surface area contributed by atoms with Crippen molar-refractivity contribution in [3.05, 3.63) is 35.1 Å². The highest BCUT2D eigenvalue weighted by Gasteiger charge is 2.41. The number of pyridine rings is 1. The molecule has 4 heterocycles. The lowest BCUT2D eigenvalue weighted by molar-refractivity contribution is 0.150. The fourth-order valence-corrected chi connectivity index (χ4v) is 5.76. The molecule has 1 aliphatic carbocycles. The Morgan fingerprint density at radius 3 is 2.77 bits per heavy atom. The van der Waals surface area contributed by atoms with Crippen LogP contribution in [0, 0.1) is 0 Å². The van der Waals surface area contributed by atoms with Crippen LogP contribution in [0.1, 0.15) is 43.2 Å². The third kappa shape index (κ3) is 3.88. The van der Waals surface area contributed by atoms with Crippen molar-refractivity contribution in [1.29, 1.82) is 0 Å². The van der Waals surface area contributed by atoms with E-state index in [1.54, 1.807) is 10.5 Å². The SMILES string of the molecule is CC1(NS(=O)(=O)c2cc(C3=CCNCC3)c3ncc(-c4nnc(C(F)F)s4)n3c2)CC1. The second-order valence-corrected chi connectivity index (χ2v) is 10.7. The maximum Gasteiger partial charge on any atom is 0.291 e. The van der Waals surface area contributed by atoms with E-state index in [4.69, 9.17) is 0 Å². The van der Waals surface area contributed by atoms with Crippen molar-refractivity contribution in [2.45, 2.75) is 43.0 Å². The van der Waals surface area contributed by atoms with Gasteiger partial charge in [0.2, 0.25) is 10.0 Å². The van der Waals surface area contributed by atoms with Crippen molar-refractivity contribution in [3.8, 4) is 10.7 Å². The molecular weight excluding hydrogens is 446 g/mol. The summed E-state index contributed by atoms with van der Waals surface area (Å²) in [5.74, 6) is 0. The molecule has 0 bridgehead atoms. The molecule has 0 saturated heterocycles. The van der Waals surface area contributed by atoms with Crippen molar-refractivity contribution in [2.24, 2.45) is 0 Å². The van der Waals surface area contributed by atoms with E-state index in [1.807, 2.05) is 13.0 Å². The van der Waals surface area contributed by atoms with Crippen LogP contribution < -0.4 is 10.0 Å². The van der Waals surface area contributed by atoms with Crippen LogP contribution in [-0.4, -0.2) is 46.6 Å². The summed E-state index contributed by atoms with van der Waals surface area (Å²) in [5.41, 5.74) is 2.24. The van der Waals surface area contributed by atoms with Crippen LogP contribution >= 0.6 is 11.3 Å². The van der Waals surface area contributed by atoms with Gasteiger partial charge in [-0.1, -0.05) is 17.4 Å². The summed E-state index contributed by atoms with van der Waals surface area (Å²) in [6.45, 7) is 3.32. The quantitative estimate of drug-likeness (QED) is 0.579. The topological polar surface area (TPSA) is 101 Å². The van der Waals surface area contributed by atoms with Gasteiger partial charge in [-0.25, -0.2) is 26.9 Å². The molecule has 3 aromatic heterocycles. The largest absolute Gasteiger partial charge is 0.313 e. The fourth-order valence-electron chi connectivity index (χ4n) is 3.57. The van der Waals surface area contributed by atoms with Gasteiger partial charge in [0.25, 0.3) is 6.43 Å². The molecule has 31 heavy (non-hydrogen) atoms. The van der Waals surface area contributed by atoms with Gasteiger partial charge in [-0.3, -0.25) is 4.40 Å². The number of imidazole rings is 1. The van der Waals surface area contributed by atoms with E-state index >= 15 is 0 Å². The molecule has 1 aliphatic heterocycles. The molecule has 8 nitrogen and oxygen atoms in total. The van der Waals surface area contributed by atoms with Gasteiger partial charge in [0.1, 0.15) is 11.3 Å². The Balaban J connectivity index is 1.69. The van der Waals surface area contributed by atoms with Crippen LogP contribution in [0.5, 0.6) is 0 Å². The Hall–Kier alpha value is -2.28. The second-order valence-electron chi connectivity index (χ2n) is 8.02. The normalized spacial score (nSPS) is 18.5. The summed E-state index contributed by atoms with van der Waals surface area (Å²) in [6, 6.07) is 1.64. The lowest BCUT2D eigenvalue weighted by Crippen LogP contribution is -2.34. The van der Waals surface area contributed by atoms with Gasteiger partial charge >= 0.3 is 0 Å². The van der Waals surface area contributed by atoms with Crippen molar-refractivity contribution in [2.75, 3.05) is 13.1 Å². The Bertz CT molecular complexity index is 1290. The molecule has 0 atom stereocenters. The molecule has 164 valence electrons. The van der Waals surface area contributed by atoms with Crippen LogP contribution in [0.3, 0.4) is 0 Å². The summed E-state index contributed by atoms with van der Waals surface area (Å²) in [7, 11) is -3.79. The maximum absolute atomic E-state index is 13.1. The number of halogens is 2. The van der Waals surface area contributed by atoms with Gasteiger partial charge in [-0.05, 0) is 44.4 Å². The minimum absolute atomic E-state index is 0.0976. The predicted molar refractivity (Wildman–Crippen MR) is 112 cm³/mol. The summed E-state index contributed by atoms with van der Waals surface area (Å²) in [5, 5.41) is 10.5. The van der Waals surface area contributed by atoms with Gasteiger partial charge in [0.05, 0.1) is 11.1 Å². The molecule has 0 amide bonds. The third-order valence-electron chi connectivity index (χ3n) is 5.53. The number of nitrogens with zero attached hydrogens (tertiary/aromatic N) is 4. The molecule has 0 radical (unpaired) electrons. The molecular formula is C19H20F2N6O2S2. The minimum atomic E-state index is -3.79. The molecule has 0 spiro atoms. The molecule has 0 aromatic carbocycles. The zero-order valence-electron chi connectivity index (χ0n) is 16.6.